The fraction of sp³-hybridized carbons (Fsp3) is 0.866. The number of hydrogen-bond donors (Lipinski definition) is 5. The van der Waals surface area contributed by atoms with E-state index >= 15 is 0 Å². The molecule has 0 aromatic heterocycles. The van der Waals surface area contributed by atoms with Crippen molar-refractivity contribution in [3.05, 3.63) is 32.4 Å². The van der Waals surface area contributed by atoms with Crippen molar-refractivity contribution >= 4 is 59.1 Å². The van der Waals surface area contributed by atoms with E-state index in [4.69, 9.17) is 129 Å². The Morgan fingerprint density at radius 3 is 1.26 bits per heavy atom. The summed E-state index contributed by atoms with van der Waals surface area (Å²) in [5.41, 5.74) is 0. The number of rotatable bonds is 25. The van der Waals surface area contributed by atoms with Gasteiger partial charge >= 0.3 is 256 Å². The minimum Gasteiger partial charge on any atom is -1.00 e. The average Bonchev–Trinajstić information content (AvgIpc) is 1.65. The zero-order valence-electron chi connectivity index (χ0n) is 75.0. The third-order valence-corrected chi connectivity index (χ3v) is 17.9. The smallest absolute Gasteiger partial charge is 1.00 e. The van der Waals surface area contributed by atoms with Gasteiger partial charge in [-0.15, -0.1) is 0 Å². The first-order valence-corrected chi connectivity index (χ1v) is 41.7. The number of carbonyl (C=O) groups is 7. The predicted octanol–water partition coefficient (Wildman–Crippen LogP) is -22.9. The minimum atomic E-state index is -5.94. The van der Waals surface area contributed by atoms with Crippen molar-refractivity contribution in [1.29, 1.82) is 0 Å². The molecule has 47 nitrogen and oxygen atoms in total. The molecule has 10 rings (SSSR count). The quantitative estimate of drug-likeness (QED) is 0.00541. The molecule has 16 atom stereocenters. The summed E-state index contributed by atoms with van der Waals surface area (Å²) in [7, 11) is -3.28. The molecule has 5 N–H and O–H groups in total. The van der Waals surface area contributed by atoms with Crippen molar-refractivity contribution in [2.45, 2.75) is 232 Å². The van der Waals surface area contributed by atoms with Gasteiger partial charge in [-0.25, -0.2) is 9.59 Å². The number of nitro groups is 2. The van der Waals surface area contributed by atoms with Crippen LogP contribution in [0.3, 0.4) is 0 Å². The molecule has 685 valence electrons. The van der Waals surface area contributed by atoms with Gasteiger partial charge in [0.25, 0.3) is 12.9 Å². The number of ether oxygens (including phenoxy) is 18. The second-order valence-electron chi connectivity index (χ2n) is 27.3. The molecule has 0 aromatic rings. The number of carbonyl (C=O) groups excluding carboxylic acids is 7. The largest absolute Gasteiger partial charge is 1.00 e. The van der Waals surface area contributed by atoms with Gasteiger partial charge in [0.15, 0.2) is 60.0 Å². The maximum atomic E-state index is 11.8. The van der Waals surface area contributed by atoms with E-state index in [-0.39, 0.29) is 392 Å². The number of aliphatic hydroxyl groups excluding tert-OH is 5. The Hall–Kier alpha value is 2.12. The SMILES string of the molecule is CC1(C)OC[C@@H](C(CCO)C[N+](=O)[O-])O1.CC1(C)OC[C@@H](C2OC(=O)C(O)C2O)O1.CC1(C)OC[C@@H](C=O)O1.CCOC(=O)C=C[C@@H]1COC(C)(C)O1.CCOC(=O)CC(C[N+](=O)[O-])[C@@H]1COC(C)(C)O1.CCOC(=O)CP(=O)(OCC)OCC.O=CO[O-].O=CO[O-].O[C@H]1CO[C@@H]2OCC[C@@H]21.O[C@H]1CO[C@H]2OCC[C@H]21.[B].[H-].[H-].[K+].[K+].[K+].[K+].[Li+].[O-][I+3]([O-])([O-])[O-]. The summed E-state index contributed by atoms with van der Waals surface area (Å²) in [5.74, 6) is -5.76. The number of esters is 4. The molecule has 3 radical (unpaired) electrons. The summed E-state index contributed by atoms with van der Waals surface area (Å²) in [4.78, 5) is 97.2. The van der Waals surface area contributed by atoms with Crippen LogP contribution in [0.2, 0.25) is 0 Å². The van der Waals surface area contributed by atoms with E-state index in [2.05, 4.69) is 14.5 Å². The Kier molecular flexibility index (Phi) is 81.5. The molecule has 122 heavy (non-hydrogen) atoms. The molecule has 10 saturated heterocycles. The normalized spacial score (nSPS) is 27.0. The van der Waals surface area contributed by atoms with Crippen LogP contribution in [0.1, 0.15) is 132 Å². The van der Waals surface area contributed by atoms with Crippen molar-refractivity contribution < 1.29 is 449 Å². The molecule has 0 aliphatic carbocycles. The minimum absolute atomic E-state index is 0. The fourth-order valence-electron chi connectivity index (χ4n) is 11.1. The number of nitrogens with zero attached hydrogens (tertiary/aromatic N) is 2. The van der Waals surface area contributed by atoms with Crippen molar-refractivity contribution in [3.8, 4) is 0 Å². The van der Waals surface area contributed by atoms with Gasteiger partial charge in [0.2, 0.25) is 13.1 Å². The van der Waals surface area contributed by atoms with Crippen LogP contribution in [-0.2, 0) is 142 Å². The number of aldehydes is 1. The standard InChI is InChI=1S/C11H19NO6.C10H16O4.C9H17NO5.C9H14O6.C8H17O5P.3C6H10O3.2CH2O3.B.IO4.4K.Li.2H/c1-4-16-10(13)5-8(6-12(14)15)9-7-17-11(2,3)18-9;1-4-12-9(11)6-5-8-7-13-10(2,3)14-8;1-9(2)14-6-8(15-9)7(3-4-11)5-10(12)13;1-9(2)13-3-4(15-9)7-5(10)6(11)8(12)14-7;1-4-11-8(9)7-14(10,12-5-2)13-6-3;2*7-5-3-9-6-4(5)1-2-8-6;1-6(2)8-4-5(3-7)9-6;2*2-1-4-3;;2-1(3,4)5;;;;;;;/h8-9H,4-7H2,1-3H3;5-6,8H,4,7H2,1-3H3;7-8,11H,3-6H2,1-2H3;4-7,10-11H,3H2,1-2H3;4-7H2,1-3H3;2*4-7H,1-3H2;3,5H,4H2,1-2H3;2*1,3H;;;;;;;;;/q;;;;;;;;;;;-1;5*+1;2*-1/p-2/t8?,9-;8-;7?,8-;4-,5?,6?,7?;;4-,5+,6+;4-,5-,6+;5-;;;;;;;;;;;/m0100.101.........../s1. The molecule has 10 heterocycles. The Morgan fingerprint density at radius 1 is 0.574 bits per heavy atom. The van der Waals surface area contributed by atoms with Crippen molar-refractivity contribution in [1.82, 2.24) is 0 Å². The number of hydrogen-bond acceptors (Lipinski definition) is 45. The molecule has 0 amide bonds. The number of aliphatic hydroxyl groups is 5. The summed E-state index contributed by atoms with van der Waals surface area (Å²) < 4.78 is 149. The summed E-state index contributed by atoms with van der Waals surface area (Å²) in [6.07, 6.45) is -0.422. The van der Waals surface area contributed by atoms with Crippen LogP contribution in [0, 0.1) is 43.9 Å². The van der Waals surface area contributed by atoms with Gasteiger partial charge in [-0.3, -0.25) is 57.7 Å². The number of cyclic esters (lactones) is 1. The molecule has 55 heteroatoms. The summed E-state index contributed by atoms with van der Waals surface area (Å²) in [5, 5.41) is 83.9. The van der Waals surface area contributed by atoms with Crippen molar-refractivity contribution in [2.75, 3.05) is 118 Å². The van der Waals surface area contributed by atoms with Gasteiger partial charge in [0.1, 0.15) is 50.7 Å². The van der Waals surface area contributed by atoms with E-state index in [1.54, 1.807) is 96.1 Å². The van der Waals surface area contributed by atoms with Gasteiger partial charge in [0.05, 0.1) is 135 Å². The monoisotopic (exact) mass is 2000 g/mol. The van der Waals surface area contributed by atoms with Crippen LogP contribution in [0.4, 0.5) is 0 Å². The van der Waals surface area contributed by atoms with Gasteiger partial charge in [0, 0.05) is 42.8 Å². The summed E-state index contributed by atoms with van der Waals surface area (Å²) in [6, 6.07) is 0. The Morgan fingerprint density at radius 2 is 0.951 bits per heavy atom. The van der Waals surface area contributed by atoms with Crippen LogP contribution in [-0.4, -0.2) is 308 Å². The van der Waals surface area contributed by atoms with Crippen LogP contribution < -0.4 is 269 Å². The van der Waals surface area contributed by atoms with Crippen molar-refractivity contribution in [2.24, 2.45) is 23.7 Å². The Balaban J connectivity index is -0.000000170. The van der Waals surface area contributed by atoms with Crippen LogP contribution >= 0.6 is 7.60 Å². The third-order valence-electron chi connectivity index (χ3n) is 16.0. The zero-order chi connectivity index (χ0) is 88.8. The number of fused-ring (bicyclic) bond motifs is 2. The molecule has 10 aliphatic rings. The summed E-state index contributed by atoms with van der Waals surface area (Å²) >= 11 is -5.94. The fourth-order valence-corrected chi connectivity index (χ4v) is 12.5. The third kappa shape index (κ3) is 62.6. The molecule has 0 spiro atoms. The average molecular weight is 2000 g/mol. The van der Waals surface area contributed by atoms with Crippen LogP contribution in [0.25, 0.3) is 0 Å². The molecular weight excluding hydrogens is 1880 g/mol. The van der Waals surface area contributed by atoms with Crippen LogP contribution in [0.5, 0.6) is 0 Å². The van der Waals surface area contributed by atoms with Crippen molar-refractivity contribution in [3.63, 3.8) is 0 Å². The van der Waals surface area contributed by atoms with E-state index in [1.165, 1.54) is 6.08 Å². The molecular formula is C67H117BIK4LiN2O45P. The van der Waals surface area contributed by atoms with Gasteiger partial charge in [-0.2, -0.15) is 0 Å². The predicted molar refractivity (Wildman–Crippen MR) is 376 cm³/mol. The first kappa shape index (κ1) is 137. The van der Waals surface area contributed by atoms with Gasteiger partial charge in [-0.1, -0.05) is 0 Å². The van der Waals surface area contributed by atoms with Gasteiger partial charge in [-0.05, 0) is 129 Å². The summed E-state index contributed by atoms with van der Waals surface area (Å²) in [6.45, 7) is 30.8. The van der Waals surface area contributed by atoms with E-state index < -0.39 is 116 Å². The maximum absolute atomic E-state index is 11.8. The molecule has 10 fully saturated rings. The Labute approximate surface area is 901 Å². The molecule has 0 saturated carbocycles. The molecule has 5 unspecified atom stereocenters. The second-order valence-corrected chi connectivity index (χ2v) is 31.6. The zero-order valence-corrected chi connectivity index (χ0v) is 88.6. The van der Waals surface area contributed by atoms with Crippen LogP contribution in [0.15, 0.2) is 12.2 Å². The van der Waals surface area contributed by atoms with Gasteiger partial charge < -0.3 is 148 Å². The first-order chi connectivity index (χ1) is 54.0. The van der Waals surface area contributed by atoms with E-state index in [0.717, 1.165) is 32.3 Å². The van der Waals surface area contributed by atoms with E-state index in [0.29, 0.717) is 46.1 Å². The molecule has 0 bridgehead atoms. The Bertz CT molecular complexity index is 2920. The first-order valence-electron chi connectivity index (χ1n) is 36.4. The topological polar surface area (TPSA) is 665 Å². The van der Waals surface area contributed by atoms with E-state index in [1.807, 2.05) is 13.8 Å². The number of halogens is 1. The molecule has 0 aromatic carbocycles. The van der Waals surface area contributed by atoms with E-state index in [9.17, 15) is 69.2 Å². The second kappa shape index (κ2) is 72.5. The maximum Gasteiger partial charge on any atom is 1.00 e. The molecule has 10 aliphatic heterocycles.